The van der Waals surface area contributed by atoms with Gasteiger partial charge >= 0.3 is 0 Å². The zero-order valence-electron chi connectivity index (χ0n) is 17.3. The predicted octanol–water partition coefficient (Wildman–Crippen LogP) is 5.99. The molecule has 0 radical (unpaired) electrons. The molecule has 3 heterocycles. The Labute approximate surface area is 201 Å². The van der Waals surface area contributed by atoms with E-state index in [1.165, 1.54) is 18.4 Å². The number of carbonyl (C=O) groups is 1. The SMILES string of the molecule is COc1ccc(-c2nn3c(C)nnc3s2)cc1NC(=O)c1ccc(-c2ccc(Cl)cc2Cl)o1. The summed E-state index contributed by atoms with van der Waals surface area (Å²) in [6.45, 7) is 1.83. The van der Waals surface area contributed by atoms with Crippen LogP contribution in [0.2, 0.25) is 10.0 Å². The van der Waals surface area contributed by atoms with Crippen molar-refractivity contribution >= 4 is 51.1 Å². The van der Waals surface area contributed by atoms with E-state index in [0.29, 0.717) is 43.6 Å². The maximum atomic E-state index is 12.9. The Hall–Kier alpha value is -3.40. The lowest BCUT2D eigenvalue weighted by Gasteiger charge is -2.10. The van der Waals surface area contributed by atoms with Gasteiger partial charge in [-0.25, -0.2) is 0 Å². The van der Waals surface area contributed by atoms with E-state index in [-0.39, 0.29) is 5.76 Å². The van der Waals surface area contributed by atoms with E-state index in [9.17, 15) is 4.79 Å². The molecule has 5 rings (SSSR count). The van der Waals surface area contributed by atoms with Gasteiger partial charge in [-0.2, -0.15) is 9.61 Å². The summed E-state index contributed by atoms with van der Waals surface area (Å²) in [6.07, 6.45) is 0. The quantitative estimate of drug-likeness (QED) is 0.319. The van der Waals surface area contributed by atoms with Crippen molar-refractivity contribution in [1.29, 1.82) is 0 Å². The van der Waals surface area contributed by atoms with Crippen LogP contribution in [0.4, 0.5) is 5.69 Å². The van der Waals surface area contributed by atoms with Gasteiger partial charge in [-0.3, -0.25) is 4.79 Å². The molecule has 0 saturated carbocycles. The smallest absolute Gasteiger partial charge is 0.291 e. The fourth-order valence-electron chi connectivity index (χ4n) is 3.25. The summed E-state index contributed by atoms with van der Waals surface area (Å²) in [7, 11) is 1.53. The molecule has 2 aromatic carbocycles. The number of rotatable bonds is 5. The van der Waals surface area contributed by atoms with Crippen molar-refractivity contribution in [2.24, 2.45) is 0 Å². The molecule has 0 unspecified atom stereocenters. The van der Waals surface area contributed by atoms with E-state index < -0.39 is 5.91 Å². The summed E-state index contributed by atoms with van der Waals surface area (Å²) in [5.74, 6) is 1.34. The molecular weight excluding hydrogens is 485 g/mol. The van der Waals surface area contributed by atoms with Gasteiger partial charge in [-0.15, -0.1) is 10.2 Å². The Kier molecular flexibility index (Phi) is 5.53. The number of nitrogens with one attached hydrogen (secondary N) is 1. The Morgan fingerprint density at radius 1 is 1.12 bits per heavy atom. The number of nitrogens with zero attached hydrogens (tertiary/aromatic N) is 4. The molecule has 8 nitrogen and oxygen atoms in total. The second-order valence-electron chi connectivity index (χ2n) is 7.01. The van der Waals surface area contributed by atoms with Crippen molar-refractivity contribution in [1.82, 2.24) is 19.8 Å². The van der Waals surface area contributed by atoms with Crippen LogP contribution in [0.15, 0.2) is 52.9 Å². The van der Waals surface area contributed by atoms with E-state index in [2.05, 4.69) is 20.6 Å². The molecule has 0 aliphatic heterocycles. The third kappa shape index (κ3) is 4.06. The fraction of sp³-hybridized carbons (Fsp3) is 0.0909. The first-order valence-corrected chi connectivity index (χ1v) is 11.2. The number of furan rings is 1. The zero-order chi connectivity index (χ0) is 23.1. The molecular formula is C22H15Cl2N5O3S. The van der Waals surface area contributed by atoms with Gasteiger partial charge in [0.2, 0.25) is 4.96 Å². The van der Waals surface area contributed by atoms with Crippen LogP contribution in [-0.4, -0.2) is 32.8 Å². The minimum atomic E-state index is -0.434. The molecule has 3 aromatic heterocycles. The highest BCUT2D eigenvalue weighted by Gasteiger charge is 2.18. The monoisotopic (exact) mass is 499 g/mol. The highest BCUT2D eigenvalue weighted by molar-refractivity contribution is 7.19. The minimum Gasteiger partial charge on any atom is -0.495 e. The van der Waals surface area contributed by atoms with Gasteiger partial charge in [-0.1, -0.05) is 34.5 Å². The molecule has 166 valence electrons. The number of aryl methyl sites for hydroxylation is 1. The van der Waals surface area contributed by atoms with E-state index >= 15 is 0 Å². The Bertz CT molecular complexity index is 1510. The molecule has 0 spiro atoms. The van der Waals surface area contributed by atoms with Crippen molar-refractivity contribution in [2.75, 3.05) is 12.4 Å². The lowest BCUT2D eigenvalue weighted by molar-refractivity contribution is 0.0997. The maximum absolute atomic E-state index is 12.9. The average Bonchev–Trinajstić information content (AvgIpc) is 3.52. The van der Waals surface area contributed by atoms with Gasteiger partial charge in [0.15, 0.2) is 11.6 Å². The summed E-state index contributed by atoms with van der Waals surface area (Å²) in [5, 5.41) is 17.2. The first-order chi connectivity index (χ1) is 15.9. The second-order valence-corrected chi connectivity index (χ2v) is 8.81. The Morgan fingerprint density at radius 2 is 1.97 bits per heavy atom. The molecule has 0 aliphatic rings. The van der Waals surface area contributed by atoms with Crippen LogP contribution in [-0.2, 0) is 0 Å². The standard InChI is InChI=1S/C22H15Cl2N5O3S/c1-11-26-27-22-29(11)28-21(33-22)12-3-6-18(31-2)16(9-12)25-20(30)19-8-7-17(32-19)14-5-4-13(23)10-15(14)24/h3-10H,1-2H3,(H,25,30). The van der Waals surface area contributed by atoms with E-state index in [0.717, 1.165) is 10.6 Å². The number of fused-ring (bicyclic) bond motifs is 1. The molecule has 11 heteroatoms. The van der Waals surface area contributed by atoms with Crippen molar-refractivity contribution in [3.8, 4) is 27.6 Å². The van der Waals surface area contributed by atoms with Gasteiger partial charge in [-0.05, 0) is 55.5 Å². The summed E-state index contributed by atoms with van der Waals surface area (Å²) >= 11 is 13.6. The largest absolute Gasteiger partial charge is 0.495 e. The normalized spacial score (nSPS) is 11.2. The third-order valence-corrected chi connectivity index (χ3v) is 6.36. The number of hydrogen-bond donors (Lipinski definition) is 1. The number of aromatic nitrogens is 4. The molecule has 5 aromatic rings. The van der Waals surface area contributed by atoms with E-state index in [4.69, 9.17) is 32.4 Å². The number of hydrogen-bond acceptors (Lipinski definition) is 7. The van der Waals surface area contributed by atoms with Gasteiger partial charge in [0.1, 0.15) is 16.5 Å². The molecule has 0 aliphatic carbocycles. The zero-order valence-corrected chi connectivity index (χ0v) is 19.6. The summed E-state index contributed by atoms with van der Waals surface area (Å²) in [4.78, 5) is 13.6. The number of anilines is 1. The molecule has 0 saturated heterocycles. The van der Waals surface area contributed by atoms with Crippen LogP contribution < -0.4 is 10.1 Å². The van der Waals surface area contributed by atoms with Crippen LogP contribution in [0, 0.1) is 6.92 Å². The molecule has 0 bridgehead atoms. The lowest BCUT2D eigenvalue weighted by Crippen LogP contribution is -2.11. The van der Waals surface area contributed by atoms with Crippen LogP contribution in [0.5, 0.6) is 5.75 Å². The van der Waals surface area contributed by atoms with Crippen molar-refractivity contribution in [3.63, 3.8) is 0 Å². The van der Waals surface area contributed by atoms with Gasteiger partial charge in [0.05, 0.1) is 17.8 Å². The number of halogens is 2. The van der Waals surface area contributed by atoms with Crippen molar-refractivity contribution in [3.05, 3.63) is 70.2 Å². The van der Waals surface area contributed by atoms with Crippen LogP contribution >= 0.6 is 34.5 Å². The molecule has 0 atom stereocenters. The second kappa shape index (κ2) is 8.51. The fourth-order valence-corrected chi connectivity index (χ4v) is 4.63. The first kappa shape index (κ1) is 21.4. The number of amides is 1. The summed E-state index contributed by atoms with van der Waals surface area (Å²) < 4.78 is 12.8. The van der Waals surface area contributed by atoms with Crippen LogP contribution in [0.25, 0.3) is 26.9 Å². The highest BCUT2D eigenvalue weighted by Crippen LogP contribution is 2.34. The molecule has 1 amide bonds. The highest BCUT2D eigenvalue weighted by atomic mass is 35.5. The Balaban J connectivity index is 1.43. The van der Waals surface area contributed by atoms with Crippen molar-refractivity contribution < 1.29 is 13.9 Å². The number of ether oxygens (including phenoxy) is 1. The third-order valence-electron chi connectivity index (χ3n) is 4.87. The number of methoxy groups -OCH3 is 1. The van der Waals surface area contributed by atoms with Crippen LogP contribution in [0.3, 0.4) is 0 Å². The molecule has 33 heavy (non-hydrogen) atoms. The van der Waals surface area contributed by atoms with Crippen LogP contribution in [0.1, 0.15) is 16.4 Å². The lowest BCUT2D eigenvalue weighted by atomic mass is 10.2. The maximum Gasteiger partial charge on any atom is 0.291 e. The first-order valence-electron chi connectivity index (χ1n) is 9.67. The molecule has 0 fully saturated rings. The predicted molar refractivity (Wildman–Crippen MR) is 128 cm³/mol. The number of benzene rings is 2. The van der Waals surface area contributed by atoms with Gasteiger partial charge < -0.3 is 14.5 Å². The average molecular weight is 500 g/mol. The minimum absolute atomic E-state index is 0.123. The topological polar surface area (TPSA) is 94.5 Å². The molecule has 1 N–H and O–H groups in total. The van der Waals surface area contributed by atoms with E-state index in [1.54, 1.807) is 47.0 Å². The van der Waals surface area contributed by atoms with Gasteiger partial charge in [0, 0.05) is 16.1 Å². The van der Waals surface area contributed by atoms with E-state index in [1.807, 2.05) is 13.0 Å². The van der Waals surface area contributed by atoms with Crippen molar-refractivity contribution in [2.45, 2.75) is 6.92 Å². The summed E-state index contributed by atoms with van der Waals surface area (Å²) in [5.41, 5.74) is 1.91. The number of carbonyl (C=O) groups excluding carboxylic acids is 1. The Morgan fingerprint density at radius 3 is 2.73 bits per heavy atom. The van der Waals surface area contributed by atoms with Gasteiger partial charge in [0.25, 0.3) is 5.91 Å². The summed E-state index contributed by atoms with van der Waals surface area (Å²) in [6, 6.07) is 13.7.